The fourth-order valence-corrected chi connectivity index (χ4v) is 3.88. The molecule has 1 saturated heterocycles. The van der Waals surface area contributed by atoms with Crippen LogP contribution >= 0.6 is 27.7 Å². The first-order chi connectivity index (χ1) is 13.1. The number of rotatable bonds is 7. The van der Waals surface area contributed by atoms with Crippen LogP contribution in [0.4, 0.5) is 4.79 Å². The highest BCUT2D eigenvalue weighted by molar-refractivity contribution is 9.10. The Morgan fingerprint density at radius 3 is 2.67 bits per heavy atom. The van der Waals surface area contributed by atoms with Crippen molar-refractivity contribution in [2.45, 2.75) is 26.4 Å². The fourth-order valence-electron chi connectivity index (χ4n) is 2.65. The van der Waals surface area contributed by atoms with Crippen molar-refractivity contribution >= 4 is 44.9 Å². The lowest BCUT2D eigenvalue weighted by molar-refractivity contribution is -0.122. The molecule has 0 bridgehead atoms. The largest absolute Gasteiger partial charge is 0.488 e. The molecule has 6 heteroatoms. The van der Waals surface area contributed by atoms with Gasteiger partial charge in [-0.05, 0) is 48.0 Å². The van der Waals surface area contributed by atoms with Crippen LogP contribution in [-0.2, 0) is 11.4 Å². The van der Waals surface area contributed by atoms with Crippen molar-refractivity contribution in [2.75, 3.05) is 6.54 Å². The Morgan fingerprint density at radius 1 is 1.15 bits per heavy atom. The maximum absolute atomic E-state index is 12.6. The second-order valence-electron chi connectivity index (χ2n) is 6.14. The number of benzene rings is 2. The quantitative estimate of drug-likeness (QED) is 0.500. The summed E-state index contributed by atoms with van der Waals surface area (Å²) in [4.78, 5) is 26.5. The standard InChI is InChI=1S/C21H20BrNO3S/c1-2-3-11-23-20(24)19(27-21(23)25)13-16-12-17(22)9-10-18(16)26-14-15-7-5-4-6-8-15/h4-10,12-13H,2-3,11,14H2,1H3/b19-13-. The van der Waals surface area contributed by atoms with Gasteiger partial charge in [-0.25, -0.2) is 0 Å². The molecule has 0 spiro atoms. The number of hydrogen-bond donors (Lipinski definition) is 0. The van der Waals surface area contributed by atoms with E-state index in [0.29, 0.717) is 23.8 Å². The van der Waals surface area contributed by atoms with E-state index in [-0.39, 0.29) is 11.1 Å². The van der Waals surface area contributed by atoms with Crippen LogP contribution in [0.3, 0.4) is 0 Å². The smallest absolute Gasteiger partial charge is 0.293 e. The number of carbonyl (C=O) groups excluding carboxylic acids is 2. The summed E-state index contributed by atoms with van der Waals surface area (Å²) in [6.45, 7) is 2.93. The average Bonchev–Trinajstić information content (AvgIpc) is 2.93. The molecule has 2 amide bonds. The predicted molar refractivity (Wildman–Crippen MR) is 113 cm³/mol. The van der Waals surface area contributed by atoms with Crippen LogP contribution in [0.15, 0.2) is 57.9 Å². The van der Waals surface area contributed by atoms with Crippen LogP contribution < -0.4 is 4.74 Å². The molecule has 4 nitrogen and oxygen atoms in total. The highest BCUT2D eigenvalue weighted by atomic mass is 79.9. The number of imide groups is 1. The maximum Gasteiger partial charge on any atom is 0.293 e. The van der Waals surface area contributed by atoms with Crippen LogP contribution in [0, 0.1) is 0 Å². The molecule has 1 aliphatic rings. The van der Waals surface area contributed by atoms with E-state index in [4.69, 9.17) is 4.74 Å². The molecule has 0 N–H and O–H groups in total. The minimum absolute atomic E-state index is 0.207. The van der Waals surface area contributed by atoms with Gasteiger partial charge in [-0.3, -0.25) is 14.5 Å². The third-order valence-electron chi connectivity index (χ3n) is 4.10. The normalized spacial score (nSPS) is 15.6. The molecule has 0 radical (unpaired) electrons. The third-order valence-corrected chi connectivity index (χ3v) is 5.51. The molecule has 1 fully saturated rings. The Hall–Kier alpha value is -2.05. The van der Waals surface area contributed by atoms with Gasteiger partial charge in [-0.2, -0.15) is 0 Å². The first kappa shape index (κ1) is 19.7. The highest BCUT2D eigenvalue weighted by Gasteiger charge is 2.34. The molecule has 0 aliphatic carbocycles. The summed E-state index contributed by atoms with van der Waals surface area (Å²) in [5.74, 6) is 0.440. The van der Waals surface area contributed by atoms with Gasteiger partial charge in [0.25, 0.3) is 11.1 Å². The van der Waals surface area contributed by atoms with Gasteiger partial charge in [0, 0.05) is 16.6 Å². The van der Waals surface area contributed by atoms with E-state index in [1.807, 2.05) is 55.5 Å². The molecular weight excluding hydrogens is 426 g/mol. The van der Waals surface area contributed by atoms with Crippen molar-refractivity contribution in [2.24, 2.45) is 0 Å². The number of ether oxygens (including phenoxy) is 1. The van der Waals surface area contributed by atoms with Crippen molar-refractivity contribution < 1.29 is 14.3 Å². The lowest BCUT2D eigenvalue weighted by Crippen LogP contribution is -2.29. The maximum atomic E-state index is 12.6. The molecule has 1 aliphatic heterocycles. The Bertz CT molecular complexity index is 867. The Morgan fingerprint density at radius 2 is 1.93 bits per heavy atom. The van der Waals surface area contributed by atoms with Crippen molar-refractivity contribution in [3.05, 3.63) is 69.0 Å². The minimum Gasteiger partial charge on any atom is -0.488 e. The van der Waals surface area contributed by atoms with Gasteiger partial charge >= 0.3 is 0 Å². The predicted octanol–water partition coefficient (Wildman–Crippen LogP) is 5.86. The van der Waals surface area contributed by atoms with Crippen molar-refractivity contribution in [1.82, 2.24) is 4.90 Å². The number of unbranched alkanes of at least 4 members (excludes halogenated alkanes) is 1. The number of amides is 2. The second-order valence-corrected chi connectivity index (χ2v) is 8.05. The van der Waals surface area contributed by atoms with Crippen molar-refractivity contribution in [3.63, 3.8) is 0 Å². The molecule has 140 valence electrons. The molecule has 0 atom stereocenters. The van der Waals surface area contributed by atoms with Gasteiger partial charge in [-0.15, -0.1) is 0 Å². The number of thioether (sulfide) groups is 1. The summed E-state index contributed by atoms with van der Waals surface area (Å²) in [5.41, 5.74) is 1.83. The van der Waals surface area contributed by atoms with E-state index in [0.717, 1.165) is 40.2 Å². The molecule has 3 rings (SSSR count). The lowest BCUT2D eigenvalue weighted by atomic mass is 10.1. The summed E-state index contributed by atoms with van der Waals surface area (Å²) in [6.07, 6.45) is 3.49. The summed E-state index contributed by atoms with van der Waals surface area (Å²) in [7, 11) is 0. The zero-order chi connectivity index (χ0) is 19.2. The van der Waals surface area contributed by atoms with E-state index in [1.165, 1.54) is 4.90 Å². The third kappa shape index (κ3) is 5.02. The number of carbonyl (C=O) groups is 2. The van der Waals surface area contributed by atoms with E-state index in [2.05, 4.69) is 15.9 Å². The number of nitrogens with zero attached hydrogens (tertiary/aromatic N) is 1. The van der Waals surface area contributed by atoms with Crippen molar-refractivity contribution in [1.29, 1.82) is 0 Å². The summed E-state index contributed by atoms with van der Waals surface area (Å²) < 4.78 is 6.84. The van der Waals surface area contributed by atoms with Gasteiger partial charge < -0.3 is 4.74 Å². The average molecular weight is 446 g/mol. The molecular formula is C21H20BrNO3S. The summed E-state index contributed by atoms with van der Waals surface area (Å²) in [6, 6.07) is 15.5. The molecule has 0 unspecified atom stereocenters. The van der Waals surface area contributed by atoms with Crippen LogP contribution in [-0.4, -0.2) is 22.6 Å². The van der Waals surface area contributed by atoms with Crippen LogP contribution in [0.2, 0.25) is 0 Å². The summed E-state index contributed by atoms with van der Waals surface area (Å²) in [5, 5.41) is -0.207. The van der Waals surface area contributed by atoms with Gasteiger partial charge in [0.15, 0.2) is 0 Å². The zero-order valence-corrected chi connectivity index (χ0v) is 17.4. The topological polar surface area (TPSA) is 46.6 Å². The van der Waals surface area contributed by atoms with E-state index in [1.54, 1.807) is 6.08 Å². The molecule has 1 heterocycles. The first-order valence-electron chi connectivity index (χ1n) is 8.80. The number of hydrogen-bond acceptors (Lipinski definition) is 4. The van der Waals surface area contributed by atoms with Gasteiger partial charge in [0.2, 0.25) is 0 Å². The molecule has 0 aromatic heterocycles. The van der Waals surface area contributed by atoms with E-state index in [9.17, 15) is 9.59 Å². The SMILES string of the molecule is CCCCN1C(=O)S/C(=C\c2cc(Br)ccc2OCc2ccccc2)C1=O. The monoisotopic (exact) mass is 445 g/mol. The zero-order valence-electron chi connectivity index (χ0n) is 15.0. The van der Waals surface area contributed by atoms with Gasteiger partial charge in [-0.1, -0.05) is 59.6 Å². The number of halogens is 1. The van der Waals surface area contributed by atoms with Crippen LogP contribution in [0.1, 0.15) is 30.9 Å². The molecule has 2 aromatic rings. The Labute approximate surface area is 171 Å². The van der Waals surface area contributed by atoms with Crippen LogP contribution in [0.25, 0.3) is 6.08 Å². The van der Waals surface area contributed by atoms with E-state index >= 15 is 0 Å². The van der Waals surface area contributed by atoms with E-state index < -0.39 is 0 Å². The fraction of sp³-hybridized carbons (Fsp3) is 0.238. The van der Waals surface area contributed by atoms with Gasteiger partial charge in [0.1, 0.15) is 12.4 Å². The highest BCUT2D eigenvalue weighted by Crippen LogP contribution is 2.35. The summed E-state index contributed by atoms with van der Waals surface area (Å²) >= 11 is 4.44. The molecule has 0 saturated carbocycles. The lowest BCUT2D eigenvalue weighted by Gasteiger charge is -2.11. The first-order valence-corrected chi connectivity index (χ1v) is 10.4. The molecule has 2 aromatic carbocycles. The Kier molecular flexibility index (Phi) is 6.74. The molecule has 27 heavy (non-hydrogen) atoms. The second kappa shape index (κ2) is 9.24. The van der Waals surface area contributed by atoms with Crippen LogP contribution in [0.5, 0.6) is 5.75 Å². The van der Waals surface area contributed by atoms with Crippen molar-refractivity contribution in [3.8, 4) is 5.75 Å². The Balaban J connectivity index is 1.81. The minimum atomic E-state index is -0.229. The van der Waals surface area contributed by atoms with Gasteiger partial charge in [0.05, 0.1) is 4.91 Å².